The van der Waals surface area contributed by atoms with E-state index in [1.807, 2.05) is 25.1 Å². The molecule has 1 heterocycles. The second-order valence-electron chi connectivity index (χ2n) is 6.93. The molecule has 0 radical (unpaired) electrons. The number of phenolic OH excluding ortho intramolecular Hbond substituents is 1. The van der Waals surface area contributed by atoms with Crippen LogP contribution in [0.2, 0.25) is 0 Å². The first-order chi connectivity index (χ1) is 14.8. The van der Waals surface area contributed by atoms with E-state index in [2.05, 4.69) is 37.4 Å². The third kappa shape index (κ3) is 7.52. The Hall–Kier alpha value is -1.52. The summed E-state index contributed by atoms with van der Waals surface area (Å²) < 4.78 is 78.1. The zero-order chi connectivity index (χ0) is 24.6. The van der Waals surface area contributed by atoms with Crippen molar-refractivity contribution in [2.45, 2.75) is 42.3 Å². The SMILES string of the molecule is C=C/C=C(\C=C/C)C1CCC(c2ccc(O)cc2)OC1.CSC(F)(F)C(F)(F)C(F)(F)S. The summed E-state index contributed by atoms with van der Waals surface area (Å²) in [6.07, 6.45) is 10.9. The zero-order valence-electron chi connectivity index (χ0n) is 17.6. The van der Waals surface area contributed by atoms with E-state index in [1.54, 1.807) is 12.1 Å². The molecule has 1 aromatic rings. The number of thioether (sulfide) groups is 1. The quantitative estimate of drug-likeness (QED) is 0.229. The van der Waals surface area contributed by atoms with Crippen LogP contribution >= 0.6 is 24.4 Å². The van der Waals surface area contributed by atoms with Crippen molar-refractivity contribution in [3.8, 4) is 5.75 Å². The first kappa shape index (κ1) is 28.5. The van der Waals surface area contributed by atoms with Crippen molar-refractivity contribution in [2.24, 2.45) is 5.92 Å². The zero-order valence-corrected chi connectivity index (χ0v) is 19.3. The van der Waals surface area contributed by atoms with Gasteiger partial charge in [0.25, 0.3) is 0 Å². The number of thiol groups is 1. The van der Waals surface area contributed by atoms with E-state index in [9.17, 15) is 31.4 Å². The van der Waals surface area contributed by atoms with Gasteiger partial charge in [-0.15, -0.1) is 0 Å². The highest BCUT2D eigenvalue weighted by Crippen LogP contribution is 2.51. The summed E-state index contributed by atoms with van der Waals surface area (Å²) in [5.41, 5.74) is 2.42. The maximum atomic E-state index is 12.1. The molecule has 1 aliphatic rings. The van der Waals surface area contributed by atoms with E-state index in [0.717, 1.165) is 25.0 Å². The highest BCUT2D eigenvalue weighted by molar-refractivity contribution is 7.99. The molecule has 0 aliphatic carbocycles. The van der Waals surface area contributed by atoms with Crippen LogP contribution in [-0.4, -0.2) is 34.4 Å². The highest BCUT2D eigenvalue weighted by atomic mass is 32.2. The maximum absolute atomic E-state index is 12.1. The lowest BCUT2D eigenvalue weighted by Gasteiger charge is -2.30. The molecule has 32 heavy (non-hydrogen) atoms. The summed E-state index contributed by atoms with van der Waals surface area (Å²) in [4.78, 5) is 0. The average Bonchev–Trinajstić information content (AvgIpc) is 2.74. The lowest BCUT2D eigenvalue weighted by atomic mass is 9.88. The summed E-state index contributed by atoms with van der Waals surface area (Å²) >= 11 is 1.45. The number of halogens is 6. The van der Waals surface area contributed by atoms with Crippen LogP contribution in [0.15, 0.2) is 60.7 Å². The lowest BCUT2D eigenvalue weighted by molar-refractivity contribution is -0.236. The fourth-order valence-corrected chi connectivity index (χ4v) is 3.53. The Labute approximate surface area is 193 Å². The normalized spacial score (nSPS) is 20.6. The Bertz CT molecular complexity index is 781. The lowest BCUT2D eigenvalue weighted by Crippen LogP contribution is -2.49. The van der Waals surface area contributed by atoms with Gasteiger partial charge in [0, 0.05) is 5.92 Å². The van der Waals surface area contributed by atoms with Crippen LogP contribution in [0.5, 0.6) is 5.75 Å². The molecule has 1 aliphatic heterocycles. The van der Waals surface area contributed by atoms with Crippen LogP contribution in [-0.2, 0) is 4.74 Å². The Morgan fingerprint density at radius 3 is 2.12 bits per heavy atom. The number of phenols is 1. The van der Waals surface area contributed by atoms with Crippen LogP contribution in [0.1, 0.15) is 31.4 Å². The molecule has 2 atom stereocenters. The Morgan fingerprint density at radius 2 is 1.75 bits per heavy atom. The third-order valence-corrected chi connectivity index (χ3v) is 5.73. The van der Waals surface area contributed by atoms with Gasteiger partial charge in [-0.1, -0.05) is 67.4 Å². The number of hydrogen-bond donors (Lipinski definition) is 2. The molecule has 10 heteroatoms. The summed E-state index contributed by atoms with van der Waals surface area (Å²) in [7, 11) is 0. The standard InChI is InChI=1S/C18H22O2.C4H4F6S2/c1-3-5-14(6-4-2)16-9-12-18(20-13-16)15-7-10-17(19)11-8-15;1-12-4(9,10)2(5,6)3(7,8)11/h3-8,10-11,16,18-19H,1,9,12-13H2,2H3;11H,1H3/b6-4-,14-5+;. The second kappa shape index (κ2) is 12.1. The van der Waals surface area contributed by atoms with E-state index in [0.29, 0.717) is 17.9 Å². The first-order valence-corrected chi connectivity index (χ1v) is 11.2. The van der Waals surface area contributed by atoms with Gasteiger partial charge in [-0.25, -0.2) is 0 Å². The molecule has 180 valence electrons. The minimum atomic E-state index is -5.46. The number of ether oxygens (including phenoxy) is 1. The summed E-state index contributed by atoms with van der Waals surface area (Å²) in [5.74, 6) is -4.72. The molecular formula is C22H26F6O2S2. The predicted octanol–water partition coefficient (Wildman–Crippen LogP) is 7.65. The minimum absolute atomic E-state index is 0.141. The molecule has 0 spiro atoms. The fourth-order valence-electron chi connectivity index (χ4n) is 2.93. The van der Waals surface area contributed by atoms with Crippen molar-refractivity contribution in [3.63, 3.8) is 0 Å². The van der Waals surface area contributed by atoms with E-state index in [-0.39, 0.29) is 6.10 Å². The van der Waals surface area contributed by atoms with Crippen LogP contribution in [0, 0.1) is 5.92 Å². The van der Waals surface area contributed by atoms with Crippen LogP contribution in [0.4, 0.5) is 26.3 Å². The number of hydrogen-bond acceptors (Lipinski definition) is 4. The maximum Gasteiger partial charge on any atom is 0.391 e. The van der Waals surface area contributed by atoms with E-state index in [1.165, 1.54) is 5.57 Å². The van der Waals surface area contributed by atoms with Gasteiger partial charge in [-0.3, -0.25) is 0 Å². The number of rotatable bonds is 7. The highest BCUT2D eigenvalue weighted by Gasteiger charge is 2.70. The summed E-state index contributed by atoms with van der Waals surface area (Å²) in [6, 6.07) is 7.31. The van der Waals surface area contributed by atoms with Crippen LogP contribution in [0.25, 0.3) is 0 Å². The minimum Gasteiger partial charge on any atom is -0.508 e. The summed E-state index contributed by atoms with van der Waals surface area (Å²) in [5, 5.41) is -0.527. The van der Waals surface area contributed by atoms with Crippen molar-refractivity contribution in [2.75, 3.05) is 12.9 Å². The molecule has 1 aromatic carbocycles. The van der Waals surface area contributed by atoms with E-state index < -0.39 is 28.2 Å². The molecule has 0 saturated carbocycles. The predicted molar refractivity (Wildman–Crippen MR) is 120 cm³/mol. The smallest absolute Gasteiger partial charge is 0.391 e. The van der Waals surface area contributed by atoms with Gasteiger partial charge in [0.05, 0.1) is 12.7 Å². The molecule has 2 nitrogen and oxygen atoms in total. The van der Waals surface area contributed by atoms with Crippen molar-refractivity contribution in [1.29, 1.82) is 0 Å². The second-order valence-corrected chi connectivity index (χ2v) is 8.41. The van der Waals surface area contributed by atoms with Gasteiger partial charge in [-0.2, -0.15) is 26.3 Å². The van der Waals surface area contributed by atoms with Crippen molar-refractivity contribution < 1.29 is 36.2 Å². The van der Waals surface area contributed by atoms with Gasteiger partial charge >= 0.3 is 16.4 Å². The molecule has 1 N–H and O–H groups in total. The molecule has 0 aromatic heterocycles. The number of benzene rings is 1. The molecular weight excluding hydrogens is 474 g/mol. The Balaban J connectivity index is 0.000000368. The Kier molecular flexibility index (Phi) is 10.8. The summed E-state index contributed by atoms with van der Waals surface area (Å²) in [6.45, 7) is 6.53. The fraction of sp³-hybridized carbons (Fsp3) is 0.455. The van der Waals surface area contributed by atoms with Gasteiger partial charge < -0.3 is 9.84 Å². The molecule has 1 saturated heterocycles. The molecule has 2 rings (SSSR count). The largest absolute Gasteiger partial charge is 0.508 e. The van der Waals surface area contributed by atoms with Crippen molar-refractivity contribution in [3.05, 3.63) is 66.3 Å². The molecule has 2 unspecified atom stereocenters. The topological polar surface area (TPSA) is 29.5 Å². The third-order valence-electron chi connectivity index (χ3n) is 4.68. The monoisotopic (exact) mass is 500 g/mol. The molecule has 0 amide bonds. The van der Waals surface area contributed by atoms with E-state index >= 15 is 0 Å². The van der Waals surface area contributed by atoms with Gasteiger partial charge in [0.15, 0.2) is 0 Å². The van der Waals surface area contributed by atoms with Gasteiger partial charge in [-0.05, 0) is 49.3 Å². The van der Waals surface area contributed by atoms with Gasteiger partial charge in [0.1, 0.15) is 5.75 Å². The number of alkyl halides is 6. The van der Waals surface area contributed by atoms with E-state index in [4.69, 9.17) is 4.74 Å². The van der Waals surface area contributed by atoms with Crippen molar-refractivity contribution in [1.82, 2.24) is 0 Å². The molecule has 0 bridgehead atoms. The first-order valence-electron chi connectivity index (χ1n) is 9.57. The molecule has 1 fully saturated rings. The Morgan fingerprint density at radius 1 is 1.16 bits per heavy atom. The number of aromatic hydroxyl groups is 1. The van der Waals surface area contributed by atoms with Crippen LogP contribution < -0.4 is 0 Å². The van der Waals surface area contributed by atoms with Crippen molar-refractivity contribution >= 4 is 24.4 Å². The van der Waals surface area contributed by atoms with Gasteiger partial charge in [0.2, 0.25) is 0 Å². The van der Waals surface area contributed by atoms with Crippen LogP contribution in [0.3, 0.4) is 0 Å². The average molecular weight is 501 g/mol. The number of allylic oxidation sites excluding steroid dienone is 4.